The van der Waals surface area contributed by atoms with Crippen LogP contribution in [0.1, 0.15) is 6.42 Å². The number of nitrogens with zero attached hydrogens (tertiary/aromatic N) is 5. The van der Waals surface area contributed by atoms with Gasteiger partial charge < -0.3 is 14.7 Å². The van der Waals surface area contributed by atoms with Gasteiger partial charge in [0, 0.05) is 52.9 Å². The lowest BCUT2D eigenvalue weighted by Gasteiger charge is -2.36. The molecular formula is C15H24Cl2F2N6O. The first-order valence-corrected chi connectivity index (χ1v) is 8.01. The molecule has 3 heterocycles. The van der Waals surface area contributed by atoms with Crippen LogP contribution in [-0.4, -0.2) is 79.6 Å². The quantitative estimate of drug-likeness (QED) is 0.799. The van der Waals surface area contributed by atoms with Crippen LogP contribution in [0.25, 0.3) is 0 Å². The Bertz CT molecular complexity index is 614. The lowest BCUT2D eigenvalue weighted by molar-refractivity contribution is -0.134. The van der Waals surface area contributed by atoms with E-state index in [9.17, 15) is 13.6 Å². The van der Waals surface area contributed by atoms with Gasteiger partial charge in [0.25, 0.3) is 5.92 Å². The third-order valence-electron chi connectivity index (χ3n) is 4.35. The van der Waals surface area contributed by atoms with Gasteiger partial charge in [-0.25, -0.2) is 13.8 Å². The Morgan fingerprint density at radius 3 is 2.46 bits per heavy atom. The summed E-state index contributed by atoms with van der Waals surface area (Å²) in [5.74, 6) is -1.58. The first kappa shape index (κ1) is 22.6. The monoisotopic (exact) mass is 412 g/mol. The van der Waals surface area contributed by atoms with Crippen molar-refractivity contribution < 1.29 is 13.6 Å². The summed E-state index contributed by atoms with van der Waals surface area (Å²) >= 11 is 0. The van der Waals surface area contributed by atoms with Gasteiger partial charge in [-0.05, 0) is 6.07 Å². The largest absolute Gasteiger partial charge is 0.353 e. The second-order valence-corrected chi connectivity index (χ2v) is 6.42. The molecule has 3 rings (SSSR count). The van der Waals surface area contributed by atoms with Crippen LogP contribution in [0.5, 0.6) is 0 Å². The molecule has 1 atom stereocenters. The lowest BCUT2D eigenvalue weighted by Crippen LogP contribution is -2.53. The highest BCUT2D eigenvalue weighted by molar-refractivity contribution is 5.85. The average molecular weight is 413 g/mol. The zero-order chi connectivity index (χ0) is 17.3. The fraction of sp³-hybridized carbons (Fsp3) is 0.667. The molecule has 2 aliphatic heterocycles. The molecule has 1 unspecified atom stereocenters. The van der Waals surface area contributed by atoms with Crippen LogP contribution in [0.15, 0.2) is 12.3 Å². The van der Waals surface area contributed by atoms with Crippen molar-refractivity contribution in [2.24, 2.45) is 0 Å². The van der Waals surface area contributed by atoms with E-state index in [1.165, 1.54) is 0 Å². The van der Waals surface area contributed by atoms with E-state index < -0.39 is 24.9 Å². The Kier molecular flexibility index (Phi) is 7.79. The highest BCUT2D eigenvalue weighted by atomic mass is 35.5. The van der Waals surface area contributed by atoms with Crippen molar-refractivity contribution in [1.29, 1.82) is 0 Å². The van der Waals surface area contributed by atoms with E-state index in [1.807, 2.05) is 25.1 Å². The summed E-state index contributed by atoms with van der Waals surface area (Å²) in [6, 6.07) is 1.06. The molecule has 0 radical (unpaired) electrons. The molecule has 11 heteroatoms. The van der Waals surface area contributed by atoms with Crippen LogP contribution in [0.4, 0.5) is 20.5 Å². The maximum Gasteiger partial charge on any atom is 0.262 e. The maximum absolute atomic E-state index is 13.2. The summed E-state index contributed by atoms with van der Waals surface area (Å²) in [6.45, 7) is 1.84. The molecule has 148 valence electrons. The molecule has 1 amide bonds. The molecule has 7 nitrogen and oxygen atoms in total. The fourth-order valence-electron chi connectivity index (χ4n) is 3.00. The summed E-state index contributed by atoms with van der Waals surface area (Å²) < 4.78 is 26.5. The molecule has 0 saturated carbocycles. The van der Waals surface area contributed by atoms with E-state index in [1.54, 1.807) is 11.1 Å². The molecule has 2 aliphatic rings. The summed E-state index contributed by atoms with van der Waals surface area (Å²) in [4.78, 5) is 26.6. The fourth-order valence-corrected chi connectivity index (χ4v) is 3.00. The van der Waals surface area contributed by atoms with E-state index in [-0.39, 0.29) is 30.7 Å². The minimum absolute atomic E-state index is 0. The normalized spacial score (nSPS) is 21.6. The van der Waals surface area contributed by atoms with E-state index in [4.69, 9.17) is 0 Å². The van der Waals surface area contributed by atoms with Crippen molar-refractivity contribution in [3.63, 3.8) is 0 Å². The van der Waals surface area contributed by atoms with Crippen LogP contribution < -0.4 is 15.1 Å². The van der Waals surface area contributed by atoms with Crippen molar-refractivity contribution in [2.75, 3.05) is 56.6 Å². The number of anilines is 2. The van der Waals surface area contributed by atoms with E-state index in [0.717, 1.165) is 5.82 Å². The van der Waals surface area contributed by atoms with Crippen molar-refractivity contribution in [2.45, 2.75) is 18.4 Å². The molecule has 1 aromatic rings. The number of alkyl halides is 2. The van der Waals surface area contributed by atoms with Gasteiger partial charge in [0.1, 0.15) is 5.82 Å². The van der Waals surface area contributed by atoms with E-state index in [0.29, 0.717) is 32.1 Å². The number of hydrogen-bond acceptors (Lipinski definition) is 6. The molecule has 0 spiro atoms. The molecule has 0 aromatic carbocycles. The van der Waals surface area contributed by atoms with E-state index in [2.05, 4.69) is 20.2 Å². The van der Waals surface area contributed by atoms with Crippen LogP contribution in [-0.2, 0) is 4.79 Å². The Balaban J connectivity index is 0.00000169. The van der Waals surface area contributed by atoms with Gasteiger partial charge in [-0.3, -0.25) is 10.1 Å². The number of carbonyl (C=O) groups excluding carboxylic acids is 1. The standard InChI is InChI=1S/C15H22F2N6O.2ClH/c1-21(2)14-18-4-3-12(20-14)22-5-7-23(8-6-22)13(24)11-9-15(16,17)10-19-11;;/h3-4,11,19H,5-10H2,1-2H3;2*1H. The SMILES string of the molecule is CN(C)c1nccc(N2CCN(C(=O)C3CC(F)(F)CN3)CC2)n1.Cl.Cl. The van der Waals surface area contributed by atoms with Crippen LogP contribution in [0, 0.1) is 0 Å². The molecule has 0 aliphatic carbocycles. The maximum atomic E-state index is 13.2. The zero-order valence-electron chi connectivity index (χ0n) is 14.7. The third kappa shape index (κ3) is 5.05. The Labute approximate surface area is 164 Å². The average Bonchev–Trinajstić information content (AvgIpc) is 2.94. The molecular weight excluding hydrogens is 389 g/mol. The minimum Gasteiger partial charge on any atom is -0.353 e. The lowest BCUT2D eigenvalue weighted by atomic mass is 10.1. The molecule has 26 heavy (non-hydrogen) atoms. The number of carbonyl (C=O) groups is 1. The molecule has 2 saturated heterocycles. The van der Waals surface area contributed by atoms with Gasteiger partial charge in [-0.1, -0.05) is 0 Å². The first-order chi connectivity index (χ1) is 11.4. The minimum atomic E-state index is -2.79. The topological polar surface area (TPSA) is 64.6 Å². The summed E-state index contributed by atoms with van der Waals surface area (Å²) in [5, 5.41) is 2.63. The molecule has 1 aromatic heterocycles. The van der Waals surface area contributed by atoms with E-state index >= 15 is 0 Å². The highest BCUT2D eigenvalue weighted by Gasteiger charge is 2.43. The van der Waals surface area contributed by atoms with Crippen LogP contribution >= 0.6 is 24.8 Å². The van der Waals surface area contributed by atoms with Gasteiger partial charge in [-0.2, -0.15) is 4.98 Å². The predicted molar refractivity (Wildman–Crippen MR) is 101 cm³/mol. The summed E-state index contributed by atoms with van der Waals surface area (Å²) in [7, 11) is 3.75. The number of amides is 1. The smallest absolute Gasteiger partial charge is 0.262 e. The second kappa shape index (κ2) is 8.96. The highest BCUT2D eigenvalue weighted by Crippen LogP contribution is 2.26. The first-order valence-electron chi connectivity index (χ1n) is 8.01. The van der Waals surface area contributed by atoms with Crippen molar-refractivity contribution in [3.05, 3.63) is 12.3 Å². The van der Waals surface area contributed by atoms with Gasteiger partial charge in [0.15, 0.2) is 0 Å². The van der Waals surface area contributed by atoms with Gasteiger partial charge in [-0.15, -0.1) is 24.8 Å². The number of aromatic nitrogens is 2. The Hall–Kier alpha value is -1.45. The van der Waals surface area contributed by atoms with Gasteiger partial charge in [0.2, 0.25) is 11.9 Å². The van der Waals surface area contributed by atoms with Crippen LogP contribution in [0.2, 0.25) is 0 Å². The Morgan fingerprint density at radius 2 is 1.92 bits per heavy atom. The number of piperazine rings is 1. The number of halogens is 4. The third-order valence-corrected chi connectivity index (χ3v) is 4.35. The van der Waals surface area contributed by atoms with Gasteiger partial charge in [0.05, 0.1) is 12.6 Å². The predicted octanol–water partition coefficient (Wildman–Crippen LogP) is 1.03. The number of rotatable bonds is 3. The van der Waals surface area contributed by atoms with Crippen molar-refractivity contribution in [3.8, 4) is 0 Å². The van der Waals surface area contributed by atoms with Crippen molar-refractivity contribution in [1.82, 2.24) is 20.2 Å². The Morgan fingerprint density at radius 1 is 1.27 bits per heavy atom. The number of hydrogen-bond donors (Lipinski definition) is 1. The zero-order valence-corrected chi connectivity index (χ0v) is 16.3. The summed E-state index contributed by atoms with van der Waals surface area (Å²) in [5.41, 5.74) is 0. The number of nitrogens with one attached hydrogen (secondary N) is 1. The van der Waals surface area contributed by atoms with Crippen molar-refractivity contribution >= 4 is 42.5 Å². The molecule has 1 N–H and O–H groups in total. The molecule has 0 bridgehead atoms. The van der Waals surface area contributed by atoms with Gasteiger partial charge >= 0.3 is 0 Å². The second-order valence-electron chi connectivity index (χ2n) is 6.42. The van der Waals surface area contributed by atoms with Crippen LogP contribution in [0.3, 0.4) is 0 Å². The summed E-state index contributed by atoms with van der Waals surface area (Å²) in [6.07, 6.45) is 1.30. The molecule has 2 fully saturated rings.